The molecule has 130 valence electrons. The van der Waals surface area contributed by atoms with Gasteiger partial charge in [-0.15, -0.1) is 0 Å². The largest absolute Gasteiger partial charge is 0.384 e. The third-order valence-electron chi connectivity index (χ3n) is 5.14. The lowest BCUT2D eigenvalue weighted by molar-refractivity contribution is -0.128. The van der Waals surface area contributed by atoms with Crippen LogP contribution in [0.5, 0.6) is 0 Å². The molecule has 6 heteroatoms. The minimum atomic E-state index is -0.519. The van der Waals surface area contributed by atoms with Gasteiger partial charge in [-0.05, 0) is 43.2 Å². The van der Waals surface area contributed by atoms with Crippen LogP contribution in [0, 0.1) is 17.7 Å². The highest BCUT2D eigenvalue weighted by Crippen LogP contribution is 2.35. The number of benzene rings is 1. The Morgan fingerprint density at radius 2 is 2.17 bits per heavy atom. The van der Waals surface area contributed by atoms with Crippen molar-refractivity contribution >= 4 is 11.8 Å². The second-order valence-electron chi connectivity index (χ2n) is 6.72. The lowest BCUT2D eigenvalue weighted by Crippen LogP contribution is -2.56. The predicted molar refractivity (Wildman–Crippen MR) is 86.9 cm³/mol. The molecule has 1 saturated carbocycles. The van der Waals surface area contributed by atoms with Crippen LogP contribution in [0.4, 0.5) is 4.39 Å². The SMILES string of the molecule is COCC1CC(=O)NC2CC(NC(=O)c3ccccc3F)CCC12. The van der Waals surface area contributed by atoms with E-state index in [1.165, 1.54) is 12.1 Å². The van der Waals surface area contributed by atoms with Gasteiger partial charge in [0.05, 0.1) is 5.56 Å². The van der Waals surface area contributed by atoms with Gasteiger partial charge in [-0.1, -0.05) is 12.1 Å². The minimum Gasteiger partial charge on any atom is -0.384 e. The van der Waals surface area contributed by atoms with Crippen LogP contribution in [-0.2, 0) is 9.53 Å². The number of hydrogen-bond donors (Lipinski definition) is 2. The average molecular weight is 334 g/mol. The highest BCUT2D eigenvalue weighted by atomic mass is 19.1. The Bertz CT molecular complexity index is 622. The Hall–Kier alpha value is -1.95. The number of ether oxygens (including phenoxy) is 1. The Morgan fingerprint density at radius 1 is 1.38 bits per heavy atom. The second-order valence-corrected chi connectivity index (χ2v) is 6.72. The van der Waals surface area contributed by atoms with E-state index in [4.69, 9.17) is 4.74 Å². The monoisotopic (exact) mass is 334 g/mol. The van der Waals surface area contributed by atoms with Crippen LogP contribution in [0.15, 0.2) is 24.3 Å². The molecule has 0 aromatic heterocycles. The number of halogens is 1. The van der Waals surface area contributed by atoms with E-state index in [2.05, 4.69) is 10.6 Å². The summed E-state index contributed by atoms with van der Waals surface area (Å²) in [6, 6.07) is 5.96. The molecule has 2 N–H and O–H groups in total. The Labute approximate surface area is 141 Å². The third-order valence-corrected chi connectivity index (χ3v) is 5.14. The van der Waals surface area contributed by atoms with E-state index in [9.17, 15) is 14.0 Å². The normalized spacial score (nSPS) is 29.5. The fourth-order valence-corrected chi connectivity index (χ4v) is 4.02. The first kappa shape index (κ1) is 16.9. The molecule has 2 fully saturated rings. The molecular weight excluding hydrogens is 311 g/mol. The van der Waals surface area contributed by atoms with E-state index in [0.717, 1.165) is 12.8 Å². The van der Waals surface area contributed by atoms with Gasteiger partial charge in [-0.2, -0.15) is 0 Å². The van der Waals surface area contributed by atoms with Gasteiger partial charge in [0, 0.05) is 32.2 Å². The number of hydrogen-bond acceptors (Lipinski definition) is 3. The molecule has 1 aliphatic heterocycles. The first-order valence-electron chi connectivity index (χ1n) is 8.42. The molecule has 2 amide bonds. The highest BCUT2D eigenvalue weighted by molar-refractivity contribution is 5.94. The summed E-state index contributed by atoms with van der Waals surface area (Å²) in [7, 11) is 1.65. The quantitative estimate of drug-likeness (QED) is 0.883. The molecule has 1 aromatic carbocycles. The van der Waals surface area contributed by atoms with Crippen molar-refractivity contribution in [3.8, 4) is 0 Å². The standard InChI is InChI=1S/C18H23FN2O3/c1-24-10-11-8-17(22)21-16-9-12(6-7-13(11)16)20-18(23)14-4-2-3-5-15(14)19/h2-5,11-13,16H,6-10H2,1H3,(H,20,23)(H,21,22). The van der Waals surface area contributed by atoms with Crippen molar-refractivity contribution in [3.05, 3.63) is 35.6 Å². The van der Waals surface area contributed by atoms with Crippen LogP contribution in [0.25, 0.3) is 0 Å². The summed E-state index contributed by atoms with van der Waals surface area (Å²) in [5.41, 5.74) is 0.0598. The second kappa shape index (κ2) is 7.30. The van der Waals surface area contributed by atoms with E-state index in [1.54, 1.807) is 19.2 Å². The Kier molecular flexibility index (Phi) is 5.14. The number of nitrogens with one attached hydrogen (secondary N) is 2. The number of piperidine rings is 1. The topological polar surface area (TPSA) is 67.4 Å². The molecule has 4 unspecified atom stereocenters. The fraction of sp³-hybridized carbons (Fsp3) is 0.556. The molecule has 1 heterocycles. The van der Waals surface area contributed by atoms with Crippen molar-refractivity contribution in [1.82, 2.24) is 10.6 Å². The van der Waals surface area contributed by atoms with E-state index < -0.39 is 11.7 Å². The average Bonchev–Trinajstić information content (AvgIpc) is 2.55. The lowest BCUT2D eigenvalue weighted by atomic mass is 9.71. The Balaban J connectivity index is 1.63. The first-order valence-corrected chi connectivity index (χ1v) is 8.42. The van der Waals surface area contributed by atoms with Crippen molar-refractivity contribution in [2.45, 2.75) is 37.8 Å². The van der Waals surface area contributed by atoms with Crippen LogP contribution in [0.1, 0.15) is 36.0 Å². The summed E-state index contributed by atoms with van der Waals surface area (Å²) >= 11 is 0. The summed E-state index contributed by atoms with van der Waals surface area (Å²) in [6.07, 6.45) is 2.93. The summed E-state index contributed by atoms with van der Waals surface area (Å²) < 4.78 is 19.0. The molecule has 5 nitrogen and oxygen atoms in total. The maximum atomic E-state index is 13.7. The molecule has 1 saturated heterocycles. The molecule has 0 bridgehead atoms. The maximum Gasteiger partial charge on any atom is 0.254 e. The number of amides is 2. The predicted octanol–water partition coefficient (Wildman–Crippen LogP) is 1.88. The van der Waals surface area contributed by atoms with E-state index in [0.29, 0.717) is 25.4 Å². The molecular formula is C18H23FN2O3. The van der Waals surface area contributed by atoms with Crippen LogP contribution in [-0.4, -0.2) is 37.6 Å². The fourth-order valence-electron chi connectivity index (χ4n) is 4.02. The molecule has 1 aromatic rings. The van der Waals surface area contributed by atoms with Gasteiger partial charge in [0.1, 0.15) is 5.82 Å². The number of methoxy groups -OCH3 is 1. The molecule has 3 rings (SSSR count). The van der Waals surface area contributed by atoms with E-state index in [-0.39, 0.29) is 29.5 Å². The minimum absolute atomic E-state index is 0.0411. The highest BCUT2D eigenvalue weighted by Gasteiger charge is 2.41. The molecule has 0 spiro atoms. The van der Waals surface area contributed by atoms with Gasteiger partial charge in [0.25, 0.3) is 5.91 Å². The third kappa shape index (κ3) is 3.59. The van der Waals surface area contributed by atoms with Crippen LogP contribution in [0.2, 0.25) is 0 Å². The van der Waals surface area contributed by atoms with E-state index in [1.807, 2.05) is 0 Å². The van der Waals surface area contributed by atoms with Crippen molar-refractivity contribution in [3.63, 3.8) is 0 Å². The van der Waals surface area contributed by atoms with Gasteiger partial charge in [0.2, 0.25) is 5.91 Å². The molecule has 2 aliphatic rings. The van der Waals surface area contributed by atoms with Gasteiger partial charge in [-0.3, -0.25) is 9.59 Å². The van der Waals surface area contributed by atoms with Crippen molar-refractivity contribution < 1.29 is 18.7 Å². The van der Waals surface area contributed by atoms with Crippen molar-refractivity contribution in [2.24, 2.45) is 11.8 Å². The number of rotatable bonds is 4. The molecule has 24 heavy (non-hydrogen) atoms. The van der Waals surface area contributed by atoms with Gasteiger partial charge < -0.3 is 15.4 Å². The van der Waals surface area contributed by atoms with Crippen LogP contribution >= 0.6 is 0 Å². The lowest BCUT2D eigenvalue weighted by Gasteiger charge is -2.43. The zero-order valence-electron chi connectivity index (χ0n) is 13.8. The molecule has 1 aliphatic carbocycles. The molecule has 0 radical (unpaired) electrons. The van der Waals surface area contributed by atoms with Crippen molar-refractivity contribution in [1.29, 1.82) is 0 Å². The summed E-state index contributed by atoms with van der Waals surface area (Å²) in [4.78, 5) is 24.2. The van der Waals surface area contributed by atoms with E-state index >= 15 is 0 Å². The summed E-state index contributed by atoms with van der Waals surface area (Å²) in [6.45, 7) is 0.584. The van der Waals surface area contributed by atoms with Crippen molar-refractivity contribution in [2.75, 3.05) is 13.7 Å². The zero-order valence-corrected chi connectivity index (χ0v) is 13.8. The zero-order chi connectivity index (χ0) is 17.1. The van der Waals surface area contributed by atoms with Gasteiger partial charge in [-0.25, -0.2) is 4.39 Å². The Morgan fingerprint density at radius 3 is 2.92 bits per heavy atom. The molecule has 4 atom stereocenters. The number of carbonyl (C=O) groups is 2. The summed E-state index contributed by atoms with van der Waals surface area (Å²) in [5.74, 6) is -0.262. The number of carbonyl (C=O) groups excluding carboxylic acids is 2. The first-order chi connectivity index (χ1) is 11.6. The van der Waals surface area contributed by atoms with Crippen LogP contribution < -0.4 is 10.6 Å². The van der Waals surface area contributed by atoms with Gasteiger partial charge in [0.15, 0.2) is 0 Å². The number of fused-ring (bicyclic) bond motifs is 1. The maximum absolute atomic E-state index is 13.7. The summed E-state index contributed by atoms with van der Waals surface area (Å²) in [5, 5.41) is 5.95. The van der Waals surface area contributed by atoms with Crippen LogP contribution in [0.3, 0.4) is 0 Å². The smallest absolute Gasteiger partial charge is 0.254 e. The van der Waals surface area contributed by atoms with Gasteiger partial charge >= 0.3 is 0 Å².